The first-order valence-electron chi connectivity index (χ1n) is 10.5. The molecule has 1 heterocycles. The number of benzene rings is 3. The van der Waals surface area contributed by atoms with Crippen molar-refractivity contribution in [2.24, 2.45) is 5.10 Å². The molecule has 0 radical (unpaired) electrons. The van der Waals surface area contributed by atoms with Gasteiger partial charge in [0.1, 0.15) is 11.1 Å². The largest absolute Gasteiger partial charge is 0.493 e. The van der Waals surface area contributed by atoms with Gasteiger partial charge >= 0.3 is 0 Å². The predicted molar refractivity (Wildman–Crippen MR) is 131 cm³/mol. The van der Waals surface area contributed by atoms with E-state index in [-0.39, 0.29) is 16.0 Å². The van der Waals surface area contributed by atoms with Gasteiger partial charge in [0, 0.05) is 17.1 Å². The first kappa shape index (κ1) is 23.8. The average Bonchev–Trinajstić information content (AvgIpc) is 2.87. The maximum atomic E-state index is 13.2. The van der Waals surface area contributed by atoms with Crippen molar-refractivity contribution in [3.05, 3.63) is 89.5 Å². The van der Waals surface area contributed by atoms with Gasteiger partial charge in [-0.2, -0.15) is 13.2 Å². The molecule has 0 unspecified atom stereocenters. The fraction of sp³-hybridized carbons (Fsp3) is 0.120. The van der Waals surface area contributed by atoms with E-state index in [0.29, 0.717) is 28.2 Å². The van der Waals surface area contributed by atoms with Crippen LogP contribution in [0.1, 0.15) is 15.9 Å². The third-order valence-corrected chi connectivity index (χ3v) is 6.36. The third-order valence-electron chi connectivity index (χ3n) is 5.14. The molecule has 180 valence electrons. The minimum atomic E-state index is -3.99. The highest BCUT2D eigenvalue weighted by Crippen LogP contribution is 2.30. The van der Waals surface area contributed by atoms with Crippen LogP contribution < -0.4 is 25.2 Å². The van der Waals surface area contributed by atoms with Gasteiger partial charge in [0.05, 0.1) is 19.1 Å². The van der Waals surface area contributed by atoms with Gasteiger partial charge in [-0.05, 0) is 43.3 Å². The summed E-state index contributed by atoms with van der Waals surface area (Å²) in [5.41, 5.74) is 1.62. The molecule has 0 spiro atoms. The molecule has 0 fully saturated rings. The predicted octanol–water partition coefficient (Wildman–Crippen LogP) is 3.80. The molecular weight excluding hydrogens is 470 g/mol. The van der Waals surface area contributed by atoms with Crippen LogP contribution in [0.2, 0.25) is 0 Å². The van der Waals surface area contributed by atoms with Crippen LogP contribution in [-0.2, 0) is 10.0 Å². The normalized spacial score (nSPS) is 11.8. The number of amides is 1. The number of methoxy groups -OCH3 is 2. The van der Waals surface area contributed by atoms with Crippen LogP contribution in [-0.4, -0.2) is 28.5 Å². The Morgan fingerprint density at radius 2 is 1.63 bits per heavy atom. The third kappa shape index (κ3) is 5.28. The van der Waals surface area contributed by atoms with Crippen molar-refractivity contribution in [3.8, 4) is 11.5 Å². The Labute approximate surface area is 202 Å². The number of sulfonamides is 1. The molecule has 0 aliphatic carbocycles. The highest BCUT2D eigenvalue weighted by molar-refractivity contribution is 7.89. The number of anilines is 1. The monoisotopic (exact) mass is 493 g/mol. The first-order chi connectivity index (χ1) is 16.8. The fourth-order valence-corrected chi connectivity index (χ4v) is 4.10. The molecule has 0 saturated heterocycles. The van der Waals surface area contributed by atoms with E-state index in [0.717, 1.165) is 5.56 Å². The number of hydrogen-bond acceptors (Lipinski definition) is 7. The van der Waals surface area contributed by atoms with Crippen molar-refractivity contribution >= 4 is 32.6 Å². The lowest BCUT2D eigenvalue weighted by atomic mass is 10.1. The summed E-state index contributed by atoms with van der Waals surface area (Å²) in [7, 11) is -0.984. The molecule has 35 heavy (non-hydrogen) atoms. The van der Waals surface area contributed by atoms with Crippen LogP contribution in [0.3, 0.4) is 0 Å². The minimum Gasteiger partial charge on any atom is -0.493 e. The van der Waals surface area contributed by atoms with Crippen molar-refractivity contribution in [2.45, 2.75) is 11.8 Å². The summed E-state index contributed by atoms with van der Waals surface area (Å²) in [6.07, 6.45) is 0. The molecule has 9 nitrogen and oxygen atoms in total. The van der Waals surface area contributed by atoms with Crippen molar-refractivity contribution < 1.29 is 27.1 Å². The molecule has 0 bridgehead atoms. The molecule has 4 rings (SSSR count). The lowest BCUT2D eigenvalue weighted by Crippen LogP contribution is -2.27. The van der Waals surface area contributed by atoms with Gasteiger partial charge in [0.2, 0.25) is 5.55 Å². The molecule has 0 saturated carbocycles. The summed E-state index contributed by atoms with van der Waals surface area (Å²) in [6, 6.07) is 19.8. The van der Waals surface area contributed by atoms with Gasteiger partial charge in [-0.1, -0.05) is 35.9 Å². The van der Waals surface area contributed by atoms with E-state index in [1.165, 1.54) is 26.4 Å². The van der Waals surface area contributed by atoms with Gasteiger partial charge in [-0.25, -0.2) is 0 Å². The number of aryl methyl sites for hydroxylation is 1. The number of para-hydroxylation sites is 1. The standard InChI is InChI=1S/C25H23N3O6S/c1-16-8-11-19(12-9-16)35(30,31)28-27-25-20(14-17-6-4-5-7-21(17)34-25)24(29)26-18-10-13-22(32-2)23(15-18)33-3/h4-15,28H,1-3H3,(H,26,29). The number of carbonyl (C=O) groups is 1. The van der Waals surface area contributed by atoms with E-state index in [1.54, 1.807) is 60.7 Å². The van der Waals surface area contributed by atoms with E-state index < -0.39 is 15.9 Å². The van der Waals surface area contributed by atoms with Crippen LogP contribution in [0.15, 0.2) is 87.2 Å². The zero-order valence-corrected chi connectivity index (χ0v) is 20.0. The molecule has 4 aromatic rings. The Balaban J connectivity index is 1.73. The van der Waals surface area contributed by atoms with Gasteiger partial charge in [0.25, 0.3) is 15.9 Å². The highest BCUT2D eigenvalue weighted by atomic mass is 32.2. The molecule has 2 N–H and O–H groups in total. The molecule has 0 atom stereocenters. The van der Waals surface area contributed by atoms with Crippen molar-refractivity contribution in [1.82, 2.24) is 4.83 Å². The number of rotatable bonds is 7. The summed E-state index contributed by atoms with van der Waals surface area (Å²) >= 11 is 0. The van der Waals surface area contributed by atoms with Gasteiger partial charge in [-0.15, -0.1) is 5.10 Å². The van der Waals surface area contributed by atoms with Crippen LogP contribution >= 0.6 is 0 Å². The smallest absolute Gasteiger partial charge is 0.276 e. The Hall–Kier alpha value is -4.31. The summed E-state index contributed by atoms with van der Waals surface area (Å²) in [6.45, 7) is 1.85. The Bertz CT molecular complexity index is 1560. The second kappa shape index (κ2) is 9.90. The number of hydrogen-bond donors (Lipinski definition) is 2. The Morgan fingerprint density at radius 1 is 0.914 bits per heavy atom. The summed E-state index contributed by atoms with van der Waals surface area (Å²) in [4.78, 5) is 15.4. The molecule has 0 aliphatic rings. The topological polar surface area (TPSA) is 119 Å². The second-order valence-electron chi connectivity index (χ2n) is 7.55. The van der Waals surface area contributed by atoms with Crippen LogP contribution in [0.25, 0.3) is 11.0 Å². The number of nitrogens with zero attached hydrogens (tertiary/aromatic N) is 1. The maximum absolute atomic E-state index is 13.2. The Kier molecular flexibility index (Phi) is 6.74. The molecule has 0 aliphatic heterocycles. The van der Waals surface area contributed by atoms with Crippen LogP contribution in [0.5, 0.6) is 11.5 Å². The van der Waals surface area contributed by atoms with E-state index in [4.69, 9.17) is 13.9 Å². The molecule has 3 aromatic carbocycles. The average molecular weight is 494 g/mol. The fourth-order valence-electron chi connectivity index (χ4n) is 3.30. The number of carbonyl (C=O) groups excluding carboxylic acids is 1. The number of ether oxygens (including phenoxy) is 2. The van der Waals surface area contributed by atoms with Crippen LogP contribution in [0.4, 0.5) is 5.69 Å². The van der Waals surface area contributed by atoms with Gasteiger partial charge in [-0.3, -0.25) is 4.79 Å². The second-order valence-corrected chi connectivity index (χ2v) is 9.21. The van der Waals surface area contributed by atoms with Crippen LogP contribution in [0, 0.1) is 6.92 Å². The summed E-state index contributed by atoms with van der Waals surface area (Å²) in [5.74, 6) is 0.386. The van der Waals surface area contributed by atoms with E-state index in [9.17, 15) is 13.2 Å². The molecule has 1 amide bonds. The van der Waals surface area contributed by atoms with Gasteiger partial charge < -0.3 is 19.2 Å². The summed E-state index contributed by atoms with van der Waals surface area (Å²) in [5, 5.41) is 7.34. The minimum absolute atomic E-state index is 0.0315. The highest BCUT2D eigenvalue weighted by Gasteiger charge is 2.17. The maximum Gasteiger partial charge on any atom is 0.276 e. The quantitative estimate of drug-likeness (QED) is 0.378. The van der Waals surface area contributed by atoms with Crippen molar-refractivity contribution in [1.29, 1.82) is 0 Å². The lowest BCUT2D eigenvalue weighted by Gasteiger charge is -2.11. The first-order valence-corrected chi connectivity index (χ1v) is 12.0. The Morgan fingerprint density at radius 3 is 2.34 bits per heavy atom. The van der Waals surface area contributed by atoms with E-state index >= 15 is 0 Å². The molecule has 10 heteroatoms. The molecule has 1 aromatic heterocycles. The van der Waals surface area contributed by atoms with Crippen molar-refractivity contribution in [3.63, 3.8) is 0 Å². The zero-order chi connectivity index (χ0) is 25.0. The van der Waals surface area contributed by atoms with Gasteiger partial charge in [0.15, 0.2) is 11.5 Å². The number of fused-ring (bicyclic) bond motifs is 1. The van der Waals surface area contributed by atoms with E-state index in [2.05, 4.69) is 15.2 Å². The summed E-state index contributed by atoms with van der Waals surface area (Å²) < 4.78 is 41.7. The van der Waals surface area contributed by atoms with Crippen molar-refractivity contribution in [2.75, 3.05) is 19.5 Å². The zero-order valence-electron chi connectivity index (χ0n) is 19.2. The number of nitrogens with one attached hydrogen (secondary N) is 2. The SMILES string of the molecule is COc1ccc(NC(=O)c2cc3ccccc3oc2=NNS(=O)(=O)c2ccc(C)cc2)cc1OC. The lowest BCUT2D eigenvalue weighted by molar-refractivity contribution is 0.102. The van der Waals surface area contributed by atoms with E-state index in [1.807, 2.05) is 6.92 Å². The molecular formula is C25H23N3O6S.